The van der Waals surface area contributed by atoms with Crippen LogP contribution < -0.4 is 9.80 Å². The van der Waals surface area contributed by atoms with E-state index in [0.717, 1.165) is 155 Å². The van der Waals surface area contributed by atoms with E-state index in [1.807, 2.05) is 0 Å². The third-order valence-electron chi connectivity index (χ3n) is 18.5. The average molecular weight is 1170 g/mol. The number of nitrogens with zero attached hydrogens (tertiary/aromatic N) is 7. The lowest BCUT2D eigenvalue weighted by molar-refractivity contribution is 1.04. The van der Waals surface area contributed by atoms with E-state index in [9.17, 15) is 5.26 Å². The average Bonchev–Trinajstić information content (AvgIpc) is 1.42. The monoisotopic (exact) mass is 1170 g/mol. The van der Waals surface area contributed by atoms with Gasteiger partial charge in [0.1, 0.15) is 11.6 Å². The number of anilines is 6. The molecule has 0 aliphatic carbocycles. The molecule has 0 unspecified atom stereocenters. The fourth-order valence-corrected chi connectivity index (χ4v) is 14.8. The van der Waals surface area contributed by atoms with Crippen molar-refractivity contribution in [1.82, 2.24) is 18.3 Å². The Morgan fingerprint density at radius 1 is 0.217 bits per heavy atom. The molecule has 0 saturated heterocycles. The summed E-state index contributed by atoms with van der Waals surface area (Å²) < 4.78 is 9.75. The predicted octanol–water partition coefficient (Wildman–Crippen LogP) is 22.6. The van der Waals surface area contributed by atoms with Crippen LogP contribution in [0.4, 0.5) is 34.1 Å². The molecule has 4 aromatic heterocycles. The Kier molecular flexibility index (Phi) is 12.2. The van der Waals surface area contributed by atoms with Gasteiger partial charge in [-0.15, -0.1) is 0 Å². The first-order valence-electron chi connectivity index (χ1n) is 31.2. The lowest BCUT2D eigenvalue weighted by atomic mass is 9.93. The Balaban J connectivity index is 1.07. The van der Waals surface area contributed by atoms with Gasteiger partial charge in [-0.3, -0.25) is 0 Å². The number of nitriles is 1. The zero-order valence-electron chi connectivity index (χ0n) is 49.9. The van der Waals surface area contributed by atoms with Gasteiger partial charge < -0.3 is 28.1 Å². The number of hydrogen-bond acceptors (Lipinski definition) is 3. The molecule has 0 bridgehead atoms. The van der Waals surface area contributed by atoms with Crippen LogP contribution in [0.3, 0.4) is 0 Å². The van der Waals surface area contributed by atoms with Crippen molar-refractivity contribution in [3.63, 3.8) is 0 Å². The second-order valence-electron chi connectivity index (χ2n) is 23.5. The van der Waals surface area contributed by atoms with Crippen LogP contribution in [-0.2, 0) is 0 Å². The highest BCUT2D eigenvalue weighted by Crippen LogP contribution is 2.53. The molecule has 18 aromatic rings. The molecule has 0 atom stereocenters. The number of rotatable bonds is 11. The minimum absolute atomic E-state index is 0.511. The summed E-state index contributed by atoms with van der Waals surface area (Å²) in [6, 6.07) is 123. The number of para-hydroxylation sites is 10. The molecule has 7 nitrogen and oxygen atoms in total. The molecule has 0 saturated carbocycles. The Morgan fingerprint density at radius 2 is 0.457 bits per heavy atom. The van der Waals surface area contributed by atoms with Gasteiger partial charge in [0.15, 0.2) is 0 Å². The maximum absolute atomic E-state index is 13.2. The topological polar surface area (TPSA) is 50.0 Å². The van der Waals surface area contributed by atoms with Gasteiger partial charge in [-0.25, -0.2) is 0 Å². The highest BCUT2D eigenvalue weighted by Gasteiger charge is 2.35. The van der Waals surface area contributed by atoms with E-state index in [1.165, 1.54) is 0 Å². The largest absolute Gasteiger partial charge is 0.310 e. The van der Waals surface area contributed by atoms with Crippen LogP contribution in [0.2, 0.25) is 0 Å². The van der Waals surface area contributed by atoms with Crippen LogP contribution in [0.5, 0.6) is 0 Å². The summed E-state index contributed by atoms with van der Waals surface area (Å²) in [5, 5.41) is 21.8. The lowest BCUT2D eigenvalue weighted by Gasteiger charge is -2.29. The molecule has 18 rings (SSSR count). The van der Waals surface area contributed by atoms with E-state index in [4.69, 9.17) is 0 Å². The van der Waals surface area contributed by atoms with Gasteiger partial charge >= 0.3 is 0 Å². The van der Waals surface area contributed by atoms with Crippen molar-refractivity contribution in [2.24, 2.45) is 0 Å². The molecule has 0 aliphatic heterocycles. The molecule has 0 spiro atoms. The van der Waals surface area contributed by atoms with E-state index >= 15 is 0 Å². The normalized spacial score (nSPS) is 11.7. The lowest BCUT2D eigenvalue weighted by Crippen LogP contribution is -2.16. The first-order chi connectivity index (χ1) is 45.7. The smallest absolute Gasteiger partial charge is 0.104 e. The first kappa shape index (κ1) is 52.5. The quantitative estimate of drug-likeness (QED) is 0.130. The molecule has 7 heteroatoms. The second kappa shape index (κ2) is 21.3. The number of aromatic nitrogens is 4. The van der Waals surface area contributed by atoms with Crippen LogP contribution >= 0.6 is 0 Å². The van der Waals surface area contributed by atoms with Gasteiger partial charge in [0, 0.05) is 82.8 Å². The van der Waals surface area contributed by atoms with Crippen molar-refractivity contribution in [3.05, 3.63) is 339 Å². The molecule has 0 radical (unpaired) electrons. The maximum atomic E-state index is 13.2. The van der Waals surface area contributed by atoms with Crippen molar-refractivity contribution in [2.45, 2.75) is 0 Å². The summed E-state index contributed by atoms with van der Waals surface area (Å²) in [6.45, 7) is 0. The SMILES string of the molecule is N#Cc1c(-n2c3ccccc3c3ccccc32)c(-n2c3ccccc3c3cc(N(c4ccccc4)c4ccccc4)ccc32)c(-c2ccccc2)c(-n2c3ccccc3c3cc(N(c4ccccc4)c4ccccc4)ccc32)c1-n1c2ccccc2c2ccccc21. The zero-order valence-corrected chi connectivity index (χ0v) is 49.9. The molecule has 0 N–H and O–H groups in total. The highest BCUT2D eigenvalue weighted by atomic mass is 15.2. The Labute approximate surface area is 530 Å². The third kappa shape index (κ3) is 8.01. The number of fused-ring (bicyclic) bond motifs is 12. The molecular formula is C85H55N7. The van der Waals surface area contributed by atoms with Crippen LogP contribution in [0, 0.1) is 11.3 Å². The Hall–Kier alpha value is -12.6. The molecular weight excluding hydrogens is 1120 g/mol. The molecule has 0 amide bonds. The summed E-state index contributed by atoms with van der Waals surface area (Å²) >= 11 is 0. The van der Waals surface area contributed by atoms with Crippen LogP contribution in [-0.4, -0.2) is 18.3 Å². The predicted molar refractivity (Wildman–Crippen MR) is 383 cm³/mol. The summed E-state index contributed by atoms with van der Waals surface area (Å²) in [4.78, 5) is 4.67. The summed E-state index contributed by atoms with van der Waals surface area (Å²) in [6.07, 6.45) is 0. The van der Waals surface area contributed by atoms with E-state index in [-0.39, 0.29) is 0 Å². The fourth-order valence-electron chi connectivity index (χ4n) is 14.8. The summed E-state index contributed by atoms with van der Waals surface area (Å²) in [5.41, 5.74) is 19.9. The molecule has 14 aromatic carbocycles. The molecule has 4 heterocycles. The van der Waals surface area contributed by atoms with E-state index in [1.54, 1.807) is 0 Å². The van der Waals surface area contributed by atoms with Crippen LogP contribution in [0.15, 0.2) is 334 Å². The van der Waals surface area contributed by atoms with E-state index < -0.39 is 0 Å². The molecule has 92 heavy (non-hydrogen) atoms. The van der Waals surface area contributed by atoms with Gasteiger partial charge in [-0.1, -0.05) is 212 Å². The van der Waals surface area contributed by atoms with Crippen molar-refractivity contribution < 1.29 is 0 Å². The molecule has 0 aliphatic rings. The van der Waals surface area contributed by atoms with Gasteiger partial charge in [-0.05, 0) is 127 Å². The maximum Gasteiger partial charge on any atom is 0.104 e. The van der Waals surface area contributed by atoms with Crippen molar-refractivity contribution in [3.8, 4) is 39.9 Å². The van der Waals surface area contributed by atoms with Gasteiger partial charge in [0.05, 0.1) is 66.9 Å². The number of benzene rings is 14. The zero-order chi connectivity index (χ0) is 60.8. The minimum Gasteiger partial charge on any atom is -0.310 e. The standard InChI is InChI=1S/C85H55N7/c86-56-72-82(89-73-44-22-16-38-64(73)65-39-17-23-45-74(65)89)84(91-77-48-26-20-42-68(77)70-54-62(50-52-79(70)91)87(58-30-8-2-9-31-58)59-32-10-3-11-33-59)81(57-28-6-1-7-29-57)85(83(72)90-75-46-24-18-40-66(75)67-41-19-25-47-76(67)90)92-78-49-27-21-43-69(78)71-55-63(51-53-80(71)92)88(60-34-12-4-13-35-60)61-36-14-5-15-37-61/h1-55H. The first-order valence-corrected chi connectivity index (χ1v) is 31.2. The number of hydrogen-bond donors (Lipinski definition) is 0. The highest BCUT2D eigenvalue weighted by molar-refractivity contribution is 6.18. The molecule has 0 fully saturated rings. The summed E-state index contributed by atoms with van der Waals surface area (Å²) in [5.74, 6) is 0. The Morgan fingerprint density at radius 3 is 0.750 bits per heavy atom. The third-order valence-corrected chi connectivity index (χ3v) is 18.5. The van der Waals surface area contributed by atoms with E-state index in [0.29, 0.717) is 5.56 Å². The Bertz CT molecular complexity index is 5430. The minimum atomic E-state index is 0.511. The van der Waals surface area contributed by atoms with Gasteiger partial charge in [0.2, 0.25) is 0 Å². The van der Waals surface area contributed by atoms with E-state index in [2.05, 4.69) is 368 Å². The molecule has 430 valence electrons. The summed E-state index contributed by atoms with van der Waals surface area (Å²) in [7, 11) is 0. The van der Waals surface area contributed by atoms with Crippen molar-refractivity contribution >= 4 is 121 Å². The van der Waals surface area contributed by atoms with Crippen LogP contribution in [0.25, 0.3) is 121 Å². The van der Waals surface area contributed by atoms with Gasteiger partial charge in [-0.2, -0.15) is 5.26 Å². The van der Waals surface area contributed by atoms with Crippen molar-refractivity contribution in [2.75, 3.05) is 9.80 Å². The fraction of sp³-hybridized carbons (Fsp3) is 0. The van der Waals surface area contributed by atoms with Crippen molar-refractivity contribution in [1.29, 1.82) is 5.26 Å². The van der Waals surface area contributed by atoms with Crippen LogP contribution in [0.1, 0.15) is 5.56 Å². The second-order valence-corrected chi connectivity index (χ2v) is 23.5. The van der Waals surface area contributed by atoms with Gasteiger partial charge in [0.25, 0.3) is 0 Å².